The molecule has 4 aliphatic carbocycles. The predicted molar refractivity (Wildman–Crippen MR) is 236 cm³/mol. The summed E-state index contributed by atoms with van der Waals surface area (Å²) in [5, 5.41) is -1.45. The van der Waals surface area contributed by atoms with Gasteiger partial charge in [-0.2, -0.15) is 25.0 Å². The van der Waals surface area contributed by atoms with E-state index < -0.39 is 63.4 Å². The molecule has 0 spiro atoms. The molecule has 0 bridgehead atoms. The Bertz CT molecular complexity index is 2330. The van der Waals surface area contributed by atoms with E-state index in [0.717, 1.165) is 5.56 Å². The van der Waals surface area contributed by atoms with Gasteiger partial charge in [0, 0.05) is 61.8 Å². The number of hydrogen-bond donors (Lipinski definition) is 1. The van der Waals surface area contributed by atoms with Crippen LogP contribution in [0, 0.1) is 37.0 Å². The molecular formula is C43H57F2N2Na2O13PS3. The zero-order valence-corrected chi connectivity index (χ0v) is 45.8. The summed E-state index contributed by atoms with van der Waals surface area (Å²) in [6, 6.07) is 6.60. The van der Waals surface area contributed by atoms with E-state index in [2.05, 4.69) is 12.6 Å². The largest absolute Gasteiger partial charge is 1.00 e. The monoisotopic (exact) mass is 1020 g/mol. The Hall–Kier alpha value is -1.42. The molecule has 2 aromatic rings. The van der Waals surface area contributed by atoms with Gasteiger partial charge in [0.05, 0.1) is 41.9 Å². The number of Topliss-reactive ketones (excluding diaryl/α,β-unsaturated/α-hetero) is 2. The van der Waals surface area contributed by atoms with Crippen LogP contribution in [0.2, 0.25) is 0 Å². The topological polar surface area (TPSA) is 211 Å². The van der Waals surface area contributed by atoms with Gasteiger partial charge in [-0.25, -0.2) is 17.2 Å². The minimum absolute atomic E-state index is 0. The third-order valence-corrected chi connectivity index (χ3v) is 17.8. The van der Waals surface area contributed by atoms with Gasteiger partial charge in [-0.1, -0.05) is 5.56 Å². The second kappa shape index (κ2) is 26.1. The maximum absolute atomic E-state index is 14.9. The minimum Gasteiger partial charge on any atom is -0.748 e. The van der Waals surface area contributed by atoms with Gasteiger partial charge in [-0.3, -0.25) is 19.1 Å². The third-order valence-electron chi connectivity index (χ3n) is 13.0. The van der Waals surface area contributed by atoms with Crippen molar-refractivity contribution in [3.8, 4) is 17.2 Å². The van der Waals surface area contributed by atoms with Crippen molar-refractivity contribution in [2.24, 2.45) is 23.7 Å². The summed E-state index contributed by atoms with van der Waals surface area (Å²) in [5.41, 5.74) is 2.44. The number of fused-ring (bicyclic) bond motifs is 4. The first-order valence-corrected chi connectivity index (χ1v) is 26.5. The molecule has 2 saturated carbocycles. The van der Waals surface area contributed by atoms with Crippen LogP contribution in [0.25, 0.3) is 0 Å². The Kier molecular flexibility index (Phi) is 23.3. The molecule has 8 atom stereocenters. The number of amides is 1. The van der Waals surface area contributed by atoms with Crippen LogP contribution in [0.1, 0.15) is 82.4 Å². The Labute approximate surface area is 437 Å². The molecule has 2 fully saturated rings. The number of aryl methyl sites for hydroxylation is 1. The van der Waals surface area contributed by atoms with Crippen LogP contribution in [0.4, 0.5) is 8.78 Å². The van der Waals surface area contributed by atoms with Gasteiger partial charge in [-0.05, 0) is 106 Å². The van der Waals surface area contributed by atoms with Gasteiger partial charge in [0.1, 0.15) is 11.9 Å². The van der Waals surface area contributed by atoms with Crippen molar-refractivity contribution in [2.75, 3.05) is 65.6 Å². The standard InChI is InChI=1S/C43H58F2N2O10PS2.2Na.O3S/c1-26-17-32-29(21-40(60(52,53)54)35-23-31(45)24-36(35)43(32)50)20-37(26)56-12-14-58(51,47(3)11-6-10-46(2)41(48)7-5-16-59)15-13-57-39-19-28-9-8-27-18-30(44)22-33(27)42(49)34(28)25-38(39)55-4;;;1-4(2)3/h8,17,19-20,25,27,30-31,33,35-36,40,59H,5-7,9-16,18,21-24H2,1-4H3,(H,52,53,54);;;/q-1;2*+1;/p-1/t27-,30+,31+,33?,35-,36?,40?,58?;;;/m1.../s1. The van der Waals surface area contributed by atoms with Gasteiger partial charge in [0.2, 0.25) is 5.91 Å². The van der Waals surface area contributed by atoms with Crippen molar-refractivity contribution in [3.05, 3.63) is 58.5 Å². The summed E-state index contributed by atoms with van der Waals surface area (Å²) >= 11 is 4.19. The van der Waals surface area contributed by atoms with E-state index in [0.29, 0.717) is 84.9 Å². The summed E-state index contributed by atoms with van der Waals surface area (Å²) in [7, 11) is -6.25. The van der Waals surface area contributed by atoms with Crippen LogP contribution in [0.15, 0.2) is 24.3 Å². The van der Waals surface area contributed by atoms with Gasteiger partial charge in [0.25, 0.3) is 0 Å². The van der Waals surface area contributed by atoms with E-state index in [4.69, 9.17) is 26.8 Å². The molecule has 0 N–H and O–H groups in total. The maximum atomic E-state index is 14.9. The number of nitrogens with zero attached hydrogens (tertiary/aromatic N) is 2. The number of alkyl halides is 2. The normalized spacial score (nSPS) is 24.0. The number of methoxy groups -OCH3 is 1. The summed E-state index contributed by atoms with van der Waals surface area (Å²) in [6.07, 6.45) is 1.95. The molecule has 15 nitrogen and oxygen atoms in total. The van der Waals surface area contributed by atoms with E-state index in [1.807, 2.05) is 6.42 Å². The van der Waals surface area contributed by atoms with Crippen molar-refractivity contribution < 1.29 is 127 Å². The third kappa shape index (κ3) is 15.0. The molecule has 1 amide bonds. The van der Waals surface area contributed by atoms with E-state index >= 15 is 0 Å². The SMILES string of the molecule is COc1cc2c(cc1OCCP(=O)(CCOc1cc3c(cc1C)C(=O)C1C[C@@H](F)C[C@H]1C(S(=O)(=O)[O-])C3)N(C)CCCN(C)C(=O)CCCS)C[CH-][C@@H]1C[C@H](F)CC1C2=O.O=S(=O)=O.[Na+].[Na+]. The molecule has 0 heterocycles. The Balaban J connectivity index is 0.00000185. The average molecular weight is 1020 g/mol. The van der Waals surface area contributed by atoms with E-state index in [-0.39, 0.29) is 139 Å². The number of hydrogen-bond acceptors (Lipinski definition) is 14. The van der Waals surface area contributed by atoms with Crippen LogP contribution < -0.4 is 73.3 Å². The first-order chi connectivity index (χ1) is 30.2. The molecule has 0 radical (unpaired) electrons. The molecule has 23 heteroatoms. The van der Waals surface area contributed by atoms with Crippen LogP contribution >= 0.6 is 19.9 Å². The van der Waals surface area contributed by atoms with Crippen molar-refractivity contribution >= 4 is 58.1 Å². The predicted octanol–water partition coefficient (Wildman–Crippen LogP) is -0.442. The smallest absolute Gasteiger partial charge is 0.748 e. The van der Waals surface area contributed by atoms with E-state index in [9.17, 15) is 40.7 Å². The van der Waals surface area contributed by atoms with Crippen LogP contribution in [0.3, 0.4) is 0 Å². The number of benzene rings is 2. The van der Waals surface area contributed by atoms with Gasteiger partial charge in [0.15, 0.2) is 30.4 Å². The molecule has 2 aromatic carbocycles. The molecule has 0 aromatic heterocycles. The molecule has 356 valence electrons. The van der Waals surface area contributed by atoms with Gasteiger partial charge >= 0.3 is 69.7 Å². The van der Waals surface area contributed by atoms with Gasteiger partial charge in [-0.15, -0.1) is 12.6 Å². The average Bonchev–Trinajstić information content (AvgIpc) is 3.75. The second-order valence-electron chi connectivity index (χ2n) is 17.1. The molecule has 0 saturated heterocycles. The molecule has 0 aliphatic heterocycles. The van der Waals surface area contributed by atoms with Gasteiger partial charge < -0.3 is 34.6 Å². The van der Waals surface area contributed by atoms with Crippen LogP contribution in [0.5, 0.6) is 17.2 Å². The molecule has 66 heavy (non-hydrogen) atoms. The molecule has 6 rings (SSSR count). The number of thiol groups is 1. The Morgan fingerprint density at radius 1 is 0.879 bits per heavy atom. The van der Waals surface area contributed by atoms with Crippen molar-refractivity contribution in [2.45, 2.75) is 82.3 Å². The number of carbonyl (C=O) groups is 3. The summed E-state index contributed by atoms with van der Waals surface area (Å²) < 4.78 is 126. The number of carbonyl (C=O) groups excluding carboxylic acids is 3. The Morgan fingerprint density at radius 3 is 2.08 bits per heavy atom. The first kappa shape index (κ1) is 58.9. The van der Waals surface area contributed by atoms with Crippen molar-refractivity contribution in [1.29, 1.82) is 0 Å². The van der Waals surface area contributed by atoms with Crippen molar-refractivity contribution in [1.82, 2.24) is 9.57 Å². The zero-order valence-electron chi connectivity index (χ0n) is 38.4. The number of halogens is 2. The minimum atomic E-state index is -4.86. The maximum Gasteiger partial charge on any atom is 1.00 e. The number of rotatable bonds is 18. The molecule has 4 aliphatic rings. The Morgan fingerprint density at radius 2 is 1.45 bits per heavy atom. The number of ether oxygens (including phenoxy) is 3. The first-order valence-electron chi connectivity index (χ1n) is 21.3. The number of ketones is 2. The summed E-state index contributed by atoms with van der Waals surface area (Å²) in [5.74, 6) is -1.11. The fourth-order valence-electron chi connectivity index (χ4n) is 9.52. The molecule has 4 unspecified atom stereocenters. The van der Waals surface area contributed by atoms with Crippen LogP contribution in [-0.4, -0.2) is 136 Å². The molecular weight excluding hydrogens is 964 g/mol. The van der Waals surface area contributed by atoms with E-state index in [1.165, 1.54) is 7.11 Å². The van der Waals surface area contributed by atoms with Crippen molar-refractivity contribution in [3.63, 3.8) is 0 Å². The fourth-order valence-corrected chi connectivity index (χ4v) is 13.0. The van der Waals surface area contributed by atoms with Crippen LogP contribution in [-0.2, 0) is 42.9 Å². The second-order valence-corrected chi connectivity index (χ2v) is 22.8. The zero-order chi connectivity index (χ0) is 47.1. The quantitative estimate of drug-likeness (QED) is 0.0661. The summed E-state index contributed by atoms with van der Waals surface area (Å²) in [4.78, 5) is 41.3. The summed E-state index contributed by atoms with van der Waals surface area (Å²) in [6.45, 7) is 2.60. The van der Waals surface area contributed by atoms with E-state index in [1.54, 1.807) is 54.9 Å². The fraction of sp³-hybridized carbons (Fsp3) is 0.628.